The molecular weight excluding hydrogens is 359 g/mol. The van der Waals surface area contributed by atoms with Gasteiger partial charge in [0, 0.05) is 17.8 Å². The largest absolute Gasteiger partial charge is 0.332 e. The molecule has 1 N–H and O–H groups in total. The van der Waals surface area contributed by atoms with Crippen molar-refractivity contribution in [2.45, 2.75) is 0 Å². The average Bonchev–Trinajstić information content (AvgIpc) is 2.51. The van der Waals surface area contributed by atoms with Gasteiger partial charge in [0.1, 0.15) is 0 Å². The molecule has 2 rings (SSSR count). The maximum Gasteiger partial charge on any atom is 0.255 e. The summed E-state index contributed by atoms with van der Waals surface area (Å²) in [5.41, 5.74) is 0.849. The van der Waals surface area contributed by atoms with Gasteiger partial charge < -0.3 is 10.2 Å². The SMILES string of the molecule is CN(CC(=O)Nc1ccc(Cl)cc1)C(=O)c1cccc(Cl)c1Cl. The molecule has 2 amide bonds. The van der Waals surface area contributed by atoms with Crippen molar-refractivity contribution in [3.8, 4) is 0 Å². The molecule has 0 atom stereocenters. The van der Waals surface area contributed by atoms with Crippen LogP contribution in [0.25, 0.3) is 0 Å². The Bertz CT molecular complexity index is 733. The number of likely N-dealkylation sites (N-methyl/N-ethyl adjacent to an activating group) is 1. The van der Waals surface area contributed by atoms with Gasteiger partial charge in [0.15, 0.2) is 0 Å². The number of hydrogen-bond acceptors (Lipinski definition) is 2. The Morgan fingerprint density at radius 2 is 1.70 bits per heavy atom. The predicted octanol–water partition coefficient (Wildman–Crippen LogP) is 4.36. The molecule has 2 aromatic rings. The Hall–Kier alpha value is -1.75. The van der Waals surface area contributed by atoms with Crippen molar-refractivity contribution in [3.05, 3.63) is 63.1 Å². The normalized spacial score (nSPS) is 10.3. The lowest BCUT2D eigenvalue weighted by Crippen LogP contribution is -2.35. The third-order valence-electron chi connectivity index (χ3n) is 3.04. The van der Waals surface area contributed by atoms with Crippen LogP contribution in [0.15, 0.2) is 42.5 Å². The summed E-state index contributed by atoms with van der Waals surface area (Å²) in [6.45, 7) is -0.121. The minimum Gasteiger partial charge on any atom is -0.332 e. The van der Waals surface area contributed by atoms with E-state index in [1.165, 1.54) is 11.9 Å². The van der Waals surface area contributed by atoms with Gasteiger partial charge >= 0.3 is 0 Å². The molecule has 4 nitrogen and oxygen atoms in total. The first-order chi connectivity index (χ1) is 10.9. The highest BCUT2D eigenvalue weighted by Crippen LogP contribution is 2.26. The Balaban J connectivity index is 2.01. The lowest BCUT2D eigenvalue weighted by Gasteiger charge is -2.18. The monoisotopic (exact) mass is 370 g/mol. The van der Waals surface area contributed by atoms with Crippen LogP contribution in [0.4, 0.5) is 5.69 Å². The Morgan fingerprint density at radius 3 is 2.35 bits per heavy atom. The zero-order valence-corrected chi connectivity index (χ0v) is 14.4. The number of benzene rings is 2. The minimum atomic E-state index is -0.385. The molecular formula is C16H13Cl3N2O2. The zero-order chi connectivity index (χ0) is 17.0. The van der Waals surface area contributed by atoms with Crippen molar-refractivity contribution < 1.29 is 9.59 Å². The fraction of sp³-hybridized carbons (Fsp3) is 0.125. The quantitative estimate of drug-likeness (QED) is 0.868. The van der Waals surface area contributed by atoms with Crippen molar-refractivity contribution >= 4 is 52.3 Å². The maximum atomic E-state index is 12.3. The van der Waals surface area contributed by atoms with Crippen LogP contribution in [-0.4, -0.2) is 30.3 Å². The van der Waals surface area contributed by atoms with E-state index in [0.717, 1.165) is 0 Å². The third kappa shape index (κ3) is 4.61. The molecule has 0 fully saturated rings. The summed E-state index contributed by atoms with van der Waals surface area (Å²) in [6.07, 6.45) is 0. The van der Waals surface area contributed by atoms with Crippen LogP contribution in [0.1, 0.15) is 10.4 Å². The highest BCUT2D eigenvalue weighted by atomic mass is 35.5. The van der Waals surface area contributed by atoms with Gasteiger partial charge in [0.25, 0.3) is 5.91 Å². The predicted molar refractivity (Wildman–Crippen MR) is 93.5 cm³/mol. The molecule has 0 saturated heterocycles. The van der Waals surface area contributed by atoms with Gasteiger partial charge in [-0.15, -0.1) is 0 Å². The number of carbonyl (C=O) groups excluding carboxylic acids is 2. The molecule has 0 aliphatic heterocycles. The Morgan fingerprint density at radius 1 is 1.04 bits per heavy atom. The van der Waals surface area contributed by atoms with Crippen molar-refractivity contribution in [2.24, 2.45) is 0 Å². The lowest BCUT2D eigenvalue weighted by atomic mass is 10.2. The van der Waals surface area contributed by atoms with E-state index in [4.69, 9.17) is 34.8 Å². The number of rotatable bonds is 4. The van der Waals surface area contributed by atoms with Crippen LogP contribution < -0.4 is 5.32 Å². The fourth-order valence-electron chi connectivity index (χ4n) is 1.90. The van der Waals surface area contributed by atoms with E-state index in [1.54, 1.807) is 42.5 Å². The molecule has 0 radical (unpaired) electrons. The van der Waals surface area contributed by atoms with Gasteiger partial charge in [-0.25, -0.2) is 0 Å². The molecule has 120 valence electrons. The zero-order valence-electron chi connectivity index (χ0n) is 12.1. The van der Waals surface area contributed by atoms with Crippen molar-refractivity contribution in [3.63, 3.8) is 0 Å². The van der Waals surface area contributed by atoms with Crippen LogP contribution >= 0.6 is 34.8 Å². The summed E-state index contributed by atoms with van der Waals surface area (Å²) in [4.78, 5) is 25.6. The van der Waals surface area contributed by atoms with Gasteiger partial charge in [-0.1, -0.05) is 40.9 Å². The van der Waals surface area contributed by atoms with Crippen LogP contribution in [0.3, 0.4) is 0 Å². The van der Waals surface area contributed by atoms with E-state index in [2.05, 4.69) is 5.32 Å². The summed E-state index contributed by atoms with van der Waals surface area (Å²) < 4.78 is 0. The van der Waals surface area contributed by atoms with E-state index in [0.29, 0.717) is 10.7 Å². The number of amides is 2. The van der Waals surface area contributed by atoms with Gasteiger partial charge in [-0.3, -0.25) is 9.59 Å². The van der Waals surface area contributed by atoms with Gasteiger partial charge in [0.05, 0.1) is 22.2 Å². The molecule has 23 heavy (non-hydrogen) atoms. The van der Waals surface area contributed by atoms with Crippen molar-refractivity contribution in [1.82, 2.24) is 4.90 Å². The summed E-state index contributed by atoms with van der Waals surface area (Å²) >= 11 is 17.7. The standard InChI is InChI=1S/C16H13Cl3N2O2/c1-21(16(23)12-3-2-4-13(18)15(12)19)9-14(22)20-11-7-5-10(17)6-8-11/h2-8H,9H2,1H3,(H,20,22). The molecule has 0 bridgehead atoms. The highest BCUT2D eigenvalue weighted by molar-refractivity contribution is 6.43. The number of hydrogen-bond donors (Lipinski definition) is 1. The second kappa shape index (κ2) is 7.68. The van der Waals surface area contributed by atoms with Crippen molar-refractivity contribution in [2.75, 3.05) is 18.9 Å². The Labute approximate surface area is 148 Å². The minimum absolute atomic E-state index is 0.121. The molecule has 0 spiro atoms. The first kappa shape index (κ1) is 17.6. The molecule has 2 aromatic carbocycles. The molecule has 7 heteroatoms. The fourth-order valence-corrected chi connectivity index (χ4v) is 2.40. The van der Waals surface area contributed by atoms with E-state index in [9.17, 15) is 9.59 Å². The van der Waals surface area contributed by atoms with E-state index in [1.807, 2.05) is 0 Å². The summed E-state index contributed by atoms with van der Waals surface area (Å²) in [5, 5.41) is 3.72. The van der Waals surface area contributed by atoms with Gasteiger partial charge in [-0.2, -0.15) is 0 Å². The Kier molecular flexibility index (Phi) is 5.88. The van der Waals surface area contributed by atoms with Crippen LogP contribution in [0.2, 0.25) is 15.1 Å². The first-order valence-corrected chi connectivity index (χ1v) is 7.77. The molecule has 0 heterocycles. The second-order valence-corrected chi connectivity index (χ2v) is 6.04. The van der Waals surface area contributed by atoms with Crippen LogP contribution in [-0.2, 0) is 4.79 Å². The number of nitrogens with zero attached hydrogens (tertiary/aromatic N) is 1. The number of nitrogens with one attached hydrogen (secondary N) is 1. The molecule has 0 aliphatic carbocycles. The second-order valence-electron chi connectivity index (χ2n) is 4.82. The number of halogens is 3. The molecule has 0 saturated carbocycles. The molecule has 0 unspecified atom stereocenters. The lowest BCUT2D eigenvalue weighted by molar-refractivity contribution is -0.116. The third-order valence-corrected chi connectivity index (χ3v) is 4.11. The first-order valence-electron chi connectivity index (χ1n) is 6.63. The molecule has 0 aliphatic rings. The summed E-state index contributed by atoms with van der Waals surface area (Å²) in [6, 6.07) is 11.5. The summed E-state index contributed by atoms with van der Waals surface area (Å²) in [5.74, 6) is -0.718. The average molecular weight is 372 g/mol. The van der Waals surface area contributed by atoms with Gasteiger partial charge in [0.2, 0.25) is 5.91 Å². The molecule has 0 aromatic heterocycles. The highest BCUT2D eigenvalue weighted by Gasteiger charge is 2.18. The van der Waals surface area contributed by atoms with E-state index in [-0.39, 0.29) is 34.0 Å². The van der Waals surface area contributed by atoms with Gasteiger partial charge in [-0.05, 0) is 36.4 Å². The maximum absolute atomic E-state index is 12.3. The number of anilines is 1. The smallest absolute Gasteiger partial charge is 0.255 e. The van der Waals surface area contributed by atoms with E-state index < -0.39 is 0 Å². The van der Waals surface area contributed by atoms with Crippen molar-refractivity contribution in [1.29, 1.82) is 0 Å². The number of carbonyl (C=O) groups is 2. The van der Waals surface area contributed by atoms with E-state index >= 15 is 0 Å². The topological polar surface area (TPSA) is 49.4 Å². The summed E-state index contributed by atoms with van der Waals surface area (Å²) in [7, 11) is 1.51. The van der Waals surface area contributed by atoms with Crippen LogP contribution in [0, 0.1) is 0 Å². The van der Waals surface area contributed by atoms with Crippen LogP contribution in [0.5, 0.6) is 0 Å².